The van der Waals surface area contributed by atoms with Gasteiger partial charge in [-0.15, -0.1) is 0 Å². The molecule has 0 aliphatic carbocycles. The van der Waals surface area contributed by atoms with Gasteiger partial charge < -0.3 is 15.5 Å². The lowest BCUT2D eigenvalue weighted by atomic mass is 10.0. The fourth-order valence-electron chi connectivity index (χ4n) is 2.58. The molecule has 0 bridgehead atoms. The number of unbranched alkanes of at least 4 members (excludes halogenated alkanes) is 1. The van der Waals surface area contributed by atoms with Crippen LogP contribution >= 0.6 is 0 Å². The maximum absolute atomic E-state index is 4.30. The summed E-state index contributed by atoms with van der Waals surface area (Å²) in [6.07, 6.45) is 2.40. The zero-order valence-corrected chi connectivity index (χ0v) is 15.3. The number of nitrogens with zero attached hydrogens (tertiary/aromatic N) is 2. The van der Waals surface area contributed by atoms with Crippen LogP contribution < -0.4 is 10.6 Å². The number of aliphatic imine (C=N–C) groups is 1. The lowest BCUT2D eigenvalue weighted by Crippen LogP contribution is -2.39. The van der Waals surface area contributed by atoms with Crippen LogP contribution in [-0.4, -0.2) is 50.6 Å². The molecule has 0 radical (unpaired) electrons. The van der Waals surface area contributed by atoms with E-state index < -0.39 is 0 Å². The maximum atomic E-state index is 4.30. The summed E-state index contributed by atoms with van der Waals surface area (Å²) in [6.45, 7) is 12.0. The fraction of sp³-hybridized carbons (Fsp3) is 0.632. The van der Waals surface area contributed by atoms with Gasteiger partial charge in [0, 0.05) is 20.1 Å². The van der Waals surface area contributed by atoms with Crippen molar-refractivity contribution < 1.29 is 0 Å². The molecule has 2 N–H and O–H groups in total. The van der Waals surface area contributed by atoms with Crippen molar-refractivity contribution in [1.29, 1.82) is 0 Å². The standard InChI is InChI=1S/C19H34N4/c1-5-23(6-2)15-11-10-14-21-19(20-4)22-16-17(3)18-12-8-7-9-13-18/h7-9,12-13,17H,5-6,10-11,14-16H2,1-4H3,(H2,20,21,22). The van der Waals surface area contributed by atoms with E-state index in [2.05, 4.69) is 71.6 Å². The predicted octanol–water partition coefficient (Wildman–Crippen LogP) is 3.08. The van der Waals surface area contributed by atoms with Gasteiger partial charge in [0.15, 0.2) is 5.96 Å². The molecule has 0 aliphatic heterocycles. The Morgan fingerprint density at radius 3 is 2.39 bits per heavy atom. The molecule has 4 heteroatoms. The molecule has 0 saturated carbocycles. The highest BCUT2D eigenvalue weighted by Crippen LogP contribution is 2.12. The van der Waals surface area contributed by atoms with Crippen LogP contribution in [0.4, 0.5) is 0 Å². The molecule has 130 valence electrons. The van der Waals surface area contributed by atoms with E-state index in [-0.39, 0.29) is 0 Å². The van der Waals surface area contributed by atoms with Gasteiger partial charge in [0.2, 0.25) is 0 Å². The molecule has 1 aromatic rings. The van der Waals surface area contributed by atoms with E-state index in [4.69, 9.17) is 0 Å². The van der Waals surface area contributed by atoms with Crippen molar-refractivity contribution in [1.82, 2.24) is 15.5 Å². The lowest BCUT2D eigenvalue weighted by Gasteiger charge is -2.18. The van der Waals surface area contributed by atoms with Gasteiger partial charge in [0.05, 0.1) is 0 Å². The van der Waals surface area contributed by atoms with E-state index in [0.717, 1.165) is 32.1 Å². The van der Waals surface area contributed by atoms with Gasteiger partial charge >= 0.3 is 0 Å². The number of hydrogen-bond acceptors (Lipinski definition) is 2. The van der Waals surface area contributed by atoms with Gasteiger partial charge in [-0.1, -0.05) is 51.1 Å². The Labute approximate surface area is 142 Å². The van der Waals surface area contributed by atoms with E-state index in [1.165, 1.54) is 24.9 Å². The Balaban J connectivity index is 2.20. The minimum atomic E-state index is 0.470. The molecular formula is C19H34N4. The van der Waals surface area contributed by atoms with Crippen molar-refractivity contribution in [3.63, 3.8) is 0 Å². The maximum Gasteiger partial charge on any atom is 0.190 e. The summed E-state index contributed by atoms with van der Waals surface area (Å²) < 4.78 is 0. The van der Waals surface area contributed by atoms with E-state index in [9.17, 15) is 0 Å². The first-order valence-corrected chi connectivity index (χ1v) is 8.93. The molecule has 0 aliphatic rings. The first kappa shape index (κ1) is 19.5. The number of hydrogen-bond donors (Lipinski definition) is 2. The molecule has 0 saturated heterocycles. The summed E-state index contributed by atoms with van der Waals surface area (Å²) >= 11 is 0. The Kier molecular flexibility index (Phi) is 10.1. The molecule has 0 amide bonds. The summed E-state index contributed by atoms with van der Waals surface area (Å²) in [7, 11) is 1.83. The highest BCUT2D eigenvalue weighted by molar-refractivity contribution is 5.79. The van der Waals surface area contributed by atoms with Crippen molar-refractivity contribution in [3.05, 3.63) is 35.9 Å². The average molecular weight is 319 g/mol. The molecule has 1 atom stereocenters. The van der Waals surface area contributed by atoms with Crippen molar-refractivity contribution >= 4 is 5.96 Å². The lowest BCUT2D eigenvalue weighted by molar-refractivity contribution is 0.297. The van der Waals surface area contributed by atoms with E-state index in [1.807, 2.05) is 7.05 Å². The molecule has 1 unspecified atom stereocenters. The Morgan fingerprint density at radius 2 is 1.78 bits per heavy atom. The predicted molar refractivity (Wildman–Crippen MR) is 101 cm³/mol. The average Bonchev–Trinajstić information content (AvgIpc) is 2.61. The monoisotopic (exact) mass is 318 g/mol. The first-order chi connectivity index (χ1) is 11.2. The van der Waals surface area contributed by atoms with Crippen LogP contribution in [0.3, 0.4) is 0 Å². The zero-order chi connectivity index (χ0) is 16.9. The third-order valence-electron chi connectivity index (χ3n) is 4.26. The van der Waals surface area contributed by atoms with Crippen molar-refractivity contribution in [2.45, 2.75) is 39.5 Å². The second-order valence-corrected chi connectivity index (χ2v) is 5.93. The van der Waals surface area contributed by atoms with E-state index in [1.54, 1.807) is 0 Å². The van der Waals surface area contributed by atoms with Crippen molar-refractivity contribution in [2.75, 3.05) is 39.8 Å². The smallest absolute Gasteiger partial charge is 0.190 e. The number of benzene rings is 1. The van der Waals surface area contributed by atoms with Crippen LogP contribution in [0.25, 0.3) is 0 Å². The van der Waals surface area contributed by atoms with Crippen LogP contribution in [0.1, 0.15) is 45.1 Å². The quantitative estimate of drug-likeness (QED) is 0.396. The Hall–Kier alpha value is -1.55. The van der Waals surface area contributed by atoms with E-state index in [0.29, 0.717) is 5.92 Å². The molecular weight excluding hydrogens is 284 g/mol. The molecule has 0 fully saturated rings. The van der Waals surface area contributed by atoms with Gasteiger partial charge in [0.1, 0.15) is 0 Å². The van der Waals surface area contributed by atoms with Crippen LogP contribution in [0.5, 0.6) is 0 Å². The third kappa shape index (κ3) is 8.03. The normalized spacial score (nSPS) is 13.2. The minimum absolute atomic E-state index is 0.470. The van der Waals surface area contributed by atoms with E-state index >= 15 is 0 Å². The Morgan fingerprint density at radius 1 is 1.09 bits per heavy atom. The van der Waals surface area contributed by atoms with Gasteiger partial charge in [-0.25, -0.2) is 0 Å². The van der Waals surface area contributed by atoms with Gasteiger partial charge in [-0.05, 0) is 44.0 Å². The van der Waals surface area contributed by atoms with Crippen molar-refractivity contribution in [2.24, 2.45) is 4.99 Å². The second-order valence-electron chi connectivity index (χ2n) is 5.93. The largest absolute Gasteiger partial charge is 0.356 e. The molecule has 1 rings (SSSR count). The summed E-state index contributed by atoms with van der Waals surface area (Å²) in [4.78, 5) is 6.77. The highest BCUT2D eigenvalue weighted by Gasteiger charge is 2.06. The number of guanidine groups is 1. The number of rotatable bonds is 10. The summed E-state index contributed by atoms with van der Waals surface area (Å²) in [5.41, 5.74) is 1.36. The van der Waals surface area contributed by atoms with Gasteiger partial charge in [-0.2, -0.15) is 0 Å². The molecule has 0 heterocycles. The SMILES string of the molecule is CCN(CC)CCCCNC(=NC)NCC(C)c1ccccc1. The van der Waals surface area contributed by atoms with Crippen LogP contribution in [0, 0.1) is 0 Å². The minimum Gasteiger partial charge on any atom is -0.356 e. The summed E-state index contributed by atoms with van der Waals surface area (Å²) in [5, 5.41) is 6.82. The molecule has 4 nitrogen and oxygen atoms in total. The first-order valence-electron chi connectivity index (χ1n) is 8.93. The topological polar surface area (TPSA) is 39.7 Å². The van der Waals surface area contributed by atoms with Gasteiger partial charge in [0.25, 0.3) is 0 Å². The fourth-order valence-corrected chi connectivity index (χ4v) is 2.58. The van der Waals surface area contributed by atoms with Crippen molar-refractivity contribution in [3.8, 4) is 0 Å². The third-order valence-corrected chi connectivity index (χ3v) is 4.26. The summed E-state index contributed by atoms with van der Waals surface area (Å²) in [5.74, 6) is 1.37. The molecule has 1 aromatic carbocycles. The second kappa shape index (κ2) is 11.9. The molecule has 23 heavy (non-hydrogen) atoms. The highest BCUT2D eigenvalue weighted by atomic mass is 15.2. The van der Waals surface area contributed by atoms with Gasteiger partial charge in [-0.3, -0.25) is 4.99 Å². The zero-order valence-electron chi connectivity index (χ0n) is 15.3. The van der Waals surface area contributed by atoms with Crippen LogP contribution in [0.2, 0.25) is 0 Å². The summed E-state index contributed by atoms with van der Waals surface area (Å²) in [6, 6.07) is 10.6. The Bertz CT molecular complexity index is 426. The molecule has 0 aromatic heterocycles. The van der Waals surface area contributed by atoms with Crippen LogP contribution in [-0.2, 0) is 0 Å². The molecule has 0 spiro atoms. The number of nitrogens with one attached hydrogen (secondary N) is 2. The van der Waals surface area contributed by atoms with Crippen LogP contribution in [0.15, 0.2) is 35.3 Å².